The molecule has 0 fully saturated rings. The maximum Gasteiger partial charge on any atom is 0.264 e. The molecule has 2 aromatic carbocycles. The molecule has 6 nitrogen and oxygen atoms in total. The number of carbonyl (C=O) groups is 1. The molecular formula is C22H23N3O3S. The fourth-order valence-corrected chi connectivity index (χ4v) is 4.24. The Hall–Kier alpha value is -3.19. The number of hydrogen-bond donors (Lipinski definition) is 1. The number of pyridine rings is 1. The van der Waals surface area contributed by atoms with E-state index in [-0.39, 0.29) is 18.0 Å². The Kier molecular flexibility index (Phi) is 6.29. The van der Waals surface area contributed by atoms with Gasteiger partial charge >= 0.3 is 0 Å². The van der Waals surface area contributed by atoms with Crippen molar-refractivity contribution in [3.05, 3.63) is 89.7 Å². The lowest BCUT2D eigenvalue weighted by Crippen LogP contribution is -2.40. The zero-order valence-corrected chi connectivity index (χ0v) is 17.2. The van der Waals surface area contributed by atoms with Gasteiger partial charge in [-0.3, -0.25) is 14.1 Å². The number of hydrogen-bond acceptors (Lipinski definition) is 4. The van der Waals surface area contributed by atoms with E-state index in [0.29, 0.717) is 5.69 Å². The number of rotatable bonds is 7. The Morgan fingerprint density at radius 1 is 1.00 bits per heavy atom. The molecule has 0 saturated carbocycles. The first-order valence-electron chi connectivity index (χ1n) is 9.18. The zero-order chi connectivity index (χ0) is 20.9. The largest absolute Gasteiger partial charge is 0.350 e. The molecule has 0 radical (unpaired) electrons. The highest BCUT2D eigenvalue weighted by Crippen LogP contribution is 2.25. The second kappa shape index (κ2) is 8.87. The minimum absolute atomic E-state index is 0.137. The monoisotopic (exact) mass is 409 g/mol. The van der Waals surface area contributed by atoms with Crippen molar-refractivity contribution in [1.82, 2.24) is 10.3 Å². The van der Waals surface area contributed by atoms with Gasteiger partial charge < -0.3 is 5.32 Å². The van der Waals surface area contributed by atoms with Crippen molar-refractivity contribution in [2.24, 2.45) is 0 Å². The first kappa shape index (κ1) is 20.5. The van der Waals surface area contributed by atoms with Crippen molar-refractivity contribution >= 4 is 21.6 Å². The number of amides is 1. The molecule has 0 unspecified atom stereocenters. The van der Waals surface area contributed by atoms with Crippen molar-refractivity contribution in [1.29, 1.82) is 0 Å². The first-order valence-corrected chi connectivity index (χ1v) is 10.6. The normalized spacial score (nSPS) is 11.1. The number of aromatic nitrogens is 1. The second-order valence-corrected chi connectivity index (χ2v) is 8.59. The van der Waals surface area contributed by atoms with E-state index in [1.807, 2.05) is 26.0 Å². The molecular weight excluding hydrogens is 386 g/mol. The summed E-state index contributed by atoms with van der Waals surface area (Å²) >= 11 is 0. The summed E-state index contributed by atoms with van der Waals surface area (Å²) in [5.74, 6) is -0.397. The lowest BCUT2D eigenvalue weighted by Gasteiger charge is -2.25. The van der Waals surface area contributed by atoms with Crippen molar-refractivity contribution in [3.63, 3.8) is 0 Å². The van der Waals surface area contributed by atoms with E-state index in [0.717, 1.165) is 21.0 Å². The average Bonchev–Trinajstić information content (AvgIpc) is 2.74. The van der Waals surface area contributed by atoms with Crippen LogP contribution in [-0.4, -0.2) is 25.9 Å². The molecule has 0 aliphatic rings. The number of aryl methyl sites for hydroxylation is 2. The van der Waals surface area contributed by atoms with Gasteiger partial charge in [0.2, 0.25) is 5.91 Å². The smallest absolute Gasteiger partial charge is 0.264 e. The molecule has 150 valence electrons. The number of carbonyl (C=O) groups excluding carboxylic acids is 1. The van der Waals surface area contributed by atoms with Crippen LogP contribution in [0.3, 0.4) is 0 Å². The molecule has 7 heteroatoms. The minimum atomic E-state index is -3.90. The topological polar surface area (TPSA) is 79.4 Å². The van der Waals surface area contributed by atoms with Crippen LogP contribution in [0.5, 0.6) is 0 Å². The molecule has 0 atom stereocenters. The highest BCUT2D eigenvalue weighted by Gasteiger charge is 2.27. The SMILES string of the molecule is Cc1ccc(N(CC(=O)NCc2cccnc2)S(=O)(=O)c2ccccc2)cc1C. The van der Waals surface area contributed by atoms with Crippen LogP contribution in [0.25, 0.3) is 0 Å². The number of sulfonamides is 1. The molecule has 0 aliphatic heterocycles. The van der Waals surface area contributed by atoms with Gasteiger partial charge in [-0.05, 0) is 60.9 Å². The summed E-state index contributed by atoms with van der Waals surface area (Å²) in [6, 6.07) is 17.1. The van der Waals surface area contributed by atoms with E-state index in [1.54, 1.807) is 48.8 Å². The Morgan fingerprint density at radius 2 is 1.76 bits per heavy atom. The van der Waals surface area contributed by atoms with Gasteiger partial charge in [-0.25, -0.2) is 8.42 Å². The van der Waals surface area contributed by atoms with E-state index in [1.165, 1.54) is 12.1 Å². The van der Waals surface area contributed by atoms with E-state index < -0.39 is 15.9 Å². The standard InChI is InChI=1S/C22H23N3O3S/c1-17-10-11-20(13-18(17)2)25(29(27,28)21-8-4-3-5-9-21)16-22(26)24-15-19-7-6-12-23-14-19/h3-14H,15-16H2,1-2H3,(H,24,26). The summed E-state index contributed by atoms with van der Waals surface area (Å²) in [4.78, 5) is 16.7. The molecule has 29 heavy (non-hydrogen) atoms. The van der Waals surface area contributed by atoms with Crippen LogP contribution < -0.4 is 9.62 Å². The van der Waals surface area contributed by atoms with Gasteiger partial charge in [-0.15, -0.1) is 0 Å². The van der Waals surface area contributed by atoms with E-state index in [9.17, 15) is 13.2 Å². The van der Waals surface area contributed by atoms with E-state index in [4.69, 9.17) is 0 Å². The van der Waals surface area contributed by atoms with Crippen LogP contribution in [0.4, 0.5) is 5.69 Å². The quantitative estimate of drug-likeness (QED) is 0.650. The molecule has 1 N–H and O–H groups in total. The summed E-state index contributed by atoms with van der Waals surface area (Å²) in [5.41, 5.74) is 3.29. The fraction of sp³-hybridized carbons (Fsp3) is 0.182. The summed E-state index contributed by atoms with van der Waals surface area (Å²) < 4.78 is 27.7. The number of anilines is 1. The minimum Gasteiger partial charge on any atom is -0.350 e. The number of nitrogens with zero attached hydrogens (tertiary/aromatic N) is 2. The van der Waals surface area contributed by atoms with Crippen molar-refractivity contribution in [2.45, 2.75) is 25.3 Å². The van der Waals surface area contributed by atoms with Crippen molar-refractivity contribution in [2.75, 3.05) is 10.8 Å². The van der Waals surface area contributed by atoms with E-state index >= 15 is 0 Å². The maximum atomic E-state index is 13.3. The predicted molar refractivity (Wildman–Crippen MR) is 113 cm³/mol. The third kappa shape index (κ3) is 5.00. The molecule has 1 heterocycles. The molecule has 3 aromatic rings. The summed E-state index contributed by atoms with van der Waals surface area (Å²) in [6.45, 7) is 3.82. The highest BCUT2D eigenvalue weighted by molar-refractivity contribution is 7.92. The zero-order valence-electron chi connectivity index (χ0n) is 16.4. The molecule has 1 aromatic heterocycles. The number of nitrogens with one attached hydrogen (secondary N) is 1. The third-order valence-electron chi connectivity index (χ3n) is 4.61. The molecule has 1 amide bonds. The van der Waals surface area contributed by atoms with Crippen LogP contribution in [0.1, 0.15) is 16.7 Å². The maximum absolute atomic E-state index is 13.3. The molecule has 0 saturated heterocycles. The molecule has 3 rings (SSSR count). The van der Waals surface area contributed by atoms with Crippen LogP contribution in [0.2, 0.25) is 0 Å². The Morgan fingerprint density at radius 3 is 2.41 bits per heavy atom. The molecule has 0 aliphatic carbocycles. The highest BCUT2D eigenvalue weighted by atomic mass is 32.2. The van der Waals surface area contributed by atoms with Gasteiger partial charge in [0.15, 0.2) is 0 Å². The van der Waals surface area contributed by atoms with Gasteiger partial charge in [0, 0.05) is 18.9 Å². The Labute approximate surface area is 171 Å². The molecule has 0 spiro atoms. The Bertz CT molecular complexity index is 1080. The van der Waals surface area contributed by atoms with Gasteiger partial charge in [0.05, 0.1) is 10.6 Å². The predicted octanol–water partition coefficient (Wildman–Crippen LogP) is 3.21. The number of benzene rings is 2. The third-order valence-corrected chi connectivity index (χ3v) is 6.40. The van der Waals surface area contributed by atoms with Gasteiger partial charge in [-0.1, -0.05) is 30.3 Å². The van der Waals surface area contributed by atoms with E-state index in [2.05, 4.69) is 10.3 Å². The summed E-state index contributed by atoms with van der Waals surface area (Å²) in [5, 5.41) is 2.76. The van der Waals surface area contributed by atoms with Crippen LogP contribution in [0, 0.1) is 13.8 Å². The average molecular weight is 410 g/mol. The van der Waals surface area contributed by atoms with Gasteiger partial charge in [-0.2, -0.15) is 0 Å². The van der Waals surface area contributed by atoms with Crippen molar-refractivity contribution in [3.8, 4) is 0 Å². The van der Waals surface area contributed by atoms with Crippen LogP contribution in [-0.2, 0) is 21.4 Å². The van der Waals surface area contributed by atoms with Gasteiger partial charge in [0.25, 0.3) is 10.0 Å². The van der Waals surface area contributed by atoms with Crippen LogP contribution in [0.15, 0.2) is 78.0 Å². The molecule has 0 bridgehead atoms. The van der Waals surface area contributed by atoms with Gasteiger partial charge in [0.1, 0.15) is 6.54 Å². The lowest BCUT2D eigenvalue weighted by atomic mass is 10.1. The first-order chi connectivity index (χ1) is 13.9. The van der Waals surface area contributed by atoms with Crippen LogP contribution >= 0.6 is 0 Å². The summed E-state index contributed by atoms with van der Waals surface area (Å²) in [7, 11) is -3.90. The Balaban J connectivity index is 1.88. The second-order valence-electron chi connectivity index (χ2n) is 6.73. The fourth-order valence-electron chi connectivity index (χ4n) is 2.81. The lowest BCUT2D eigenvalue weighted by molar-refractivity contribution is -0.119. The van der Waals surface area contributed by atoms with Crippen molar-refractivity contribution < 1.29 is 13.2 Å². The summed E-state index contributed by atoms with van der Waals surface area (Å²) in [6.07, 6.45) is 3.31.